The highest BCUT2D eigenvalue weighted by molar-refractivity contribution is 9.10. The first kappa shape index (κ1) is 11.8. The highest BCUT2D eigenvalue weighted by atomic mass is 79.9. The van der Waals surface area contributed by atoms with Gasteiger partial charge in [-0.3, -0.25) is 4.98 Å². The average Bonchev–Trinajstić information content (AvgIpc) is 2.37. The molecule has 0 saturated carbocycles. The van der Waals surface area contributed by atoms with Gasteiger partial charge in [-0.05, 0) is 58.1 Å². The van der Waals surface area contributed by atoms with Gasteiger partial charge in [0.05, 0.1) is 11.6 Å². The summed E-state index contributed by atoms with van der Waals surface area (Å²) >= 11 is 3.41. The van der Waals surface area contributed by atoms with E-state index in [0.717, 1.165) is 17.3 Å². The first-order chi connectivity index (χ1) is 8.28. The van der Waals surface area contributed by atoms with Crippen LogP contribution in [-0.2, 0) is 12.8 Å². The minimum absolute atomic E-state index is 0.706. The van der Waals surface area contributed by atoms with Crippen LogP contribution in [0.1, 0.15) is 16.7 Å². The number of nitrogens with zero attached hydrogens (tertiary/aromatic N) is 2. The van der Waals surface area contributed by atoms with Crippen LogP contribution in [0.5, 0.6) is 0 Å². The third kappa shape index (κ3) is 3.40. The van der Waals surface area contributed by atoms with Crippen molar-refractivity contribution < 1.29 is 0 Å². The van der Waals surface area contributed by atoms with E-state index in [0.29, 0.717) is 5.56 Å². The normalized spacial score (nSPS) is 9.88. The molecule has 2 nitrogen and oxygen atoms in total. The molecule has 0 fully saturated rings. The fraction of sp³-hybridized carbons (Fsp3) is 0.143. The molecule has 1 aromatic carbocycles. The zero-order chi connectivity index (χ0) is 12.1. The van der Waals surface area contributed by atoms with Crippen molar-refractivity contribution in [2.45, 2.75) is 12.8 Å². The van der Waals surface area contributed by atoms with Crippen molar-refractivity contribution in [3.8, 4) is 6.07 Å². The van der Waals surface area contributed by atoms with Crippen molar-refractivity contribution in [1.29, 1.82) is 5.26 Å². The van der Waals surface area contributed by atoms with Gasteiger partial charge in [-0.15, -0.1) is 0 Å². The predicted octanol–water partition coefficient (Wildman–Crippen LogP) is 3.50. The van der Waals surface area contributed by atoms with Crippen LogP contribution in [0.15, 0.2) is 47.2 Å². The van der Waals surface area contributed by atoms with Gasteiger partial charge in [0.25, 0.3) is 0 Å². The van der Waals surface area contributed by atoms with Crippen molar-refractivity contribution in [1.82, 2.24) is 4.98 Å². The van der Waals surface area contributed by atoms with Crippen LogP contribution in [0.3, 0.4) is 0 Å². The summed E-state index contributed by atoms with van der Waals surface area (Å²) in [6.45, 7) is 0. The number of benzene rings is 1. The molecule has 0 aliphatic heterocycles. The molecule has 2 rings (SSSR count). The molecule has 0 aliphatic carbocycles. The molecule has 0 amide bonds. The summed E-state index contributed by atoms with van der Waals surface area (Å²) in [5.74, 6) is 0. The van der Waals surface area contributed by atoms with Gasteiger partial charge in [-0.25, -0.2) is 0 Å². The molecule has 0 unspecified atom stereocenters. The lowest BCUT2D eigenvalue weighted by molar-refractivity contribution is 0.948. The van der Waals surface area contributed by atoms with E-state index in [2.05, 4.69) is 33.0 Å². The van der Waals surface area contributed by atoms with Crippen LogP contribution in [0.2, 0.25) is 0 Å². The smallest absolute Gasteiger partial charge is 0.0991 e. The Hall–Kier alpha value is -1.66. The lowest BCUT2D eigenvalue weighted by atomic mass is 10.0. The van der Waals surface area contributed by atoms with Crippen molar-refractivity contribution in [3.05, 3.63) is 63.9 Å². The van der Waals surface area contributed by atoms with E-state index >= 15 is 0 Å². The van der Waals surface area contributed by atoms with Gasteiger partial charge in [0.15, 0.2) is 0 Å². The summed E-state index contributed by atoms with van der Waals surface area (Å²) < 4.78 is 1.01. The highest BCUT2D eigenvalue weighted by Gasteiger charge is 1.98. The van der Waals surface area contributed by atoms with E-state index in [4.69, 9.17) is 5.26 Å². The standard InChI is InChI=1S/C14H11BrN2/c15-14-7-13(9-17-10-14)6-3-11-1-4-12(8-16)5-2-11/h1-2,4-5,7,9-10H,3,6H2. The van der Waals surface area contributed by atoms with Gasteiger partial charge in [0, 0.05) is 16.9 Å². The Kier molecular flexibility index (Phi) is 3.89. The second-order valence-electron chi connectivity index (χ2n) is 3.82. The van der Waals surface area contributed by atoms with Crippen molar-refractivity contribution >= 4 is 15.9 Å². The molecule has 1 heterocycles. The first-order valence-corrected chi connectivity index (χ1v) is 6.16. The molecule has 3 heteroatoms. The maximum Gasteiger partial charge on any atom is 0.0991 e. The molecule has 0 atom stereocenters. The number of nitriles is 1. The number of aryl methyl sites for hydroxylation is 2. The van der Waals surface area contributed by atoms with Gasteiger partial charge in [-0.2, -0.15) is 5.26 Å². The molecular formula is C14H11BrN2. The van der Waals surface area contributed by atoms with Gasteiger partial charge in [0.1, 0.15) is 0 Å². The molecule has 17 heavy (non-hydrogen) atoms. The number of rotatable bonds is 3. The molecule has 0 radical (unpaired) electrons. The summed E-state index contributed by atoms with van der Waals surface area (Å²) in [5, 5.41) is 8.70. The summed E-state index contributed by atoms with van der Waals surface area (Å²) in [4.78, 5) is 4.13. The third-order valence-electron chi connectivity index (χ3n) is 2.55. The summed E-state index contributed by atoms with van der Waals surface area (Å²) in [5.41, 5.74) is 3.16. The molecule has 0 spiro atoms. The molecule has 0 saturated heterocycles. The minimum atomic E-state index is 0.706. The number of pyridine rings is 1. The number of halogens is 1. The third-order valence-corrected chi connectivity index (χ3v) is 2.98. The van der Waals surface area contributed by atoms with E-state index in [9.17, 15) is 0 Å². The molecular weight excluding hydrogens is 276 g/mol. The second kappa shape index (κ2) is 5.60. The number of hydrogen-bond donors (Lipinski definition) is 0. The molecule has 0 aliphatic rings. The maximum atomic E-state index is 8.70. The lowest BCUT2D eigenvalue weighted by Crippen LogP contribution is -1.92. The Morgan fingerprint density at radius 2 is 1.76 bits per heavy atom. The van der Waals surface area contributed by atoms with Crippen LogP contribution in [0.25, 0.3) is 0 Å². The first-order valence-electron chi connectivity index (χ1n) is 5.36. The van der Waals surface area contributed by atoms with Crippen molar-refractivity contribution in [2.24, 2.45) is 0 Å². The summed E-state index contributed by atoms with van der Waals surface area (Å²) in [6, 6.07) is 11.9. The number of hydrogen-bond acceptors (Lipinski definition) is 2. The van der Waals surface area contributed by atoms with E-state index in [1.54, 1.807) is 6.20 Å². The van der Waals surface area contributed by atoms with Gasteiger partial charge >= 0.3 is 0 Å². The molecule has 0 N–H and O–H groups in total. The highest BCUT2D eigenvalue weighted by Crippen LogP contribution is 2.12. The van der Waals surface area contributed by atoms with Gasteiger partial charge in [0.2, 0.25) is 0 Å². The van der Waals surface area contributed by atoms with Crippen molar-refractivity contribution in [2.75, 3.05) is 0 Å². The van der Waals surface area contributed by atoms with Gasteiger partial charge < -0.3 is 0 Å². The van der Waals surface area contributed by atoms with Gasteiger partial charge in [-0.1, -0.05) is 12.1 Å². The lowest BCUT2D eigenvalue weighted by Gasteiger charge is -2.02. The molecule has 0 bridgehead atoms. The maximum absolute atomic E-state index is 8.70. The largest absolute Gasteiger partial charge is 0.263 e. The summed E-state index contributed by atoms with van der Waals surface area (Å²) in [7, 11) is 0. The fourth-order valence-electron chi connectivity index (χ4n) is 1.63. The Balaban J connectivity index is 2.00. The Labute approximate surface area is 109 Å². The Morgan fingerprint density at radius 3 is 2.41 bits per heavy atom. The fourth-order valence-corrected chi connectivity index (χ4v) is 2.04. The van der Waals surface area contributed by atoms with Crippen LogP contribution >= 0.6 is 15.9 Å². The van der Waals surface area contributed by atoms with E-state index in [1.165, 1.54) is 11.1 Å². The zero-order valence-corrected chi connectivity index (χ0v) is 10.8. The average molecular weight is 287 g/mol. The minimum Gasteiger partial charge on any atom is -0.263 e. The van der Waals surface area contributed by atoms with Crippen molar-refractivity contribution in [3.63, 3.8) is 0 Å². The van der Waals surface area contributed by atoms with Crippen LogP contribution in [-0.4, -0.2) is 4.98 Å². The topological polar surface area (TPSA) is 36.7 Å². The van der Waals surface area contributed by atoms with E-state index in [-0.39, 0.29) is 0 Å². The van der Waals surface area contributed by atoms with E-state index < -0.39 is 0 Å². The quantitative estimate of drug-likeness (QED) is 0.866. The SMILES string of the molecule is N#Cc1ccc(CCc2cncc(Br)c2)cc1. The zero-order valence-electron chi connectivity index (χ0n) is 9.23. The van der Waals surface area contributed by atoms with E-state index in [1.807, 2.05) is 30.5 Å². The molecule has 2 aromatic rings. The second-order valence-corrected chi connectivity index (χ2v) is 4.74. The molecule has 84 valence electrons. The predicted molar refractivity (Wildman–Crippen MR) is 70.5 cm³/mol. The Bertz CT molecular complexity index is 541. The Morgan fingerprint density at radius 1 is 1.06 bits per heavy atom. The monoisotopic (exact) mass is 286 g/mol. The van der Waals surface area contributed by atoms with Crippen LogP contribution < -0.4 is 0 Å². The van der Waals surface area contributed by atoms with Crippen LogP contribution in [0.4, 0.5) is 0 Å². The van der Waals surface area contributed by atoms with Crippen LogP contribution in [0, 0.1) is 11.3 Å². The number of aromatic nitrogens is 1. The molecule has 1 aromatic heterocycles. The summed E-state index contributed by atoms with van der Waals surface area (Å²) in [6.07, 6.45) is 5.59.